The van der Waals surface area contributed by atoms with Crippen LogP contribution in [0.4, 0.5) is 0 Å². The highest BCUT2D eigenvalue weighted by atomic mass is 35.5. The fourth-order valence-corrected chi connectivity index (χ4v) is 2.69. The Morgan fingerprint density at radius 2 is 2.00 bits per heavy atom. The van der Waals surface area contributed by atoms with Crippen LogP contribution in [0.2, 0.25) is 5.02 Å². The molecular weight excluding hydrogens is 354 g/mol. The van der Waals surface area contributed by atoms with Crippen LogP contribution in [-0.4, -0.2) is 32.7 Å². The van der Waals surface area contributed by atoms with Crippen LogP contribution in [0.15, 0.2) is 48.7 Å². The van der Waals surface area contributed by atoms with Gasteiger partial charge in [-0.1, -0.05) is 35.9 Å². The van der Waals surface area contributed by atoms with Crippen molar-refractivity contribution in [2.75, 3.05) is 6.61 Å². The lowest BCUT2D eigenvalue weighted by Crippen LogP contribution is -2.04. The van der Waals surface area contributed by atoms with Crippen molar-refractivity contribution in [1.82, 2.24) is 15.0 Å². The Kier molecular flexibility index (Phi) is 5.53. The number of nitrogens with zero attached hydrogens (tertiary/aromatic N) is 3. The number of carboxylic acid groups (broad SMARTS) is 1. The highest BCUT2D eigenvalue weighted by molar-refractivity contribution is 6.30. The first-order chi connectivity index (χ1) is 12.6. The summed E-state index contributed by atoms with van der Waals surface area (Å²) in [6.07, 6.45) is 2.72. The zero-order valence-corrected chi connectivity index (χ0v) is 15.0. The smallest absolute Gasteiger partial charge is 0.335 e. The first-order valence-corrected chi connectivity index (χ1v) is 8.59. The molecule has 1 aromatic heterocycles. The number of ether oxygens (including phenoxy) is 1. The van der Waals surface area contributed by atoms with E-state index in [2.05, 4.69) is 17.2 Å². The van der Waals surface area contributed by atoms with Crippen molar-refractivity contribution in [2.24, 2.45) is 0 Å². The maximum Gasteiger partial charge on any atom is 0.335 e. The van der Waals surface area contributed by atoms with E-state index >= 15 is 0 Å². The first-order valence-electron chi connectivity index (χ1n) is 8.22. The van der Waals surface area contributed by atoms with E-state index in [1.54, 1.807) is 41.2 Å². The number of carboxylic acids is 1. The summed E-state index contributed by atoms with van der Waals surface area (Å²) in [5.41, 5.74) is 2.62. The van der Waals surface area contributed by atoms with Gasteiger partial charge in [0.2, 0.25) is 0 Å². The zero-order chi connectivity index (χ0) is 18.5. The summed E-state index contributed by atoms with van der Waals surface area (Å²) in [7, 11) is 0. The number of hydrogen-bond donors (Lipinski definition) is 1. The van der Waals surface area contributed by atoms with Crippen LogP contribution in [0.3, 0.4) is 0 Å². The van der Waals surface area contributed by atoms with Gasteiger partial charge in [0.25, 0.3) is 0 Å². The van der Waals surface area contributed by atoms with Gasteiger partial charge < -0.3 is 9.84 Å². The van der Waals surface area contributed by atoms with E-state index in [1.807, 2.05) is 12.1 Å². The van der Waals surface area contributed by atoms with Crippen LogP contribution in [0.5, 0.6) is 5.75 Å². The normalized spacial score (nSPS) is 10.7. The number of aromatic carboxylic acids is 1. The Morgan fingerprint density at radius 1 is 1.23 bits per heavy atom. The summed E-state index contributed by atoms with van der Waals surface area (Å²) >= 11 is 6.11. The molecule has 0 bridgehead atoms. The second-order valence-electron chi connectivity index (χ2n) is 5.78. The number of benzene rings is 2. The largest absolute Gasteiger partial charge is 0.493 e. The maximum absolute atomic E-state index is 10.9. The van der Waals surface area contributed by atoms with Gasteiger partial charge >= 0.3 is 5.97 Å². The molecule has 1 heterocycles. The molecule has 26 heavy (non-hydrogen) atoms. The minimum atomic E-state index is -0.958. The SMILES string of the molecule is CCCOc1ccc(Cl)cc1Cn1cc(-c2ccc(C(=O)O)cc2)nn1. The highest BCUT2D eigenvalue weighted by Crippen LogP contribution is 2.25. The summed E-state index contributed by atoms with van der Waals surface area (Å²) in [4.78, 5) is 10.9. The molecule has 0 radical (unpaired) electrons. The molecule has 0 saturated carbocycles. The zero-order valence-electron chi connectivity index (χ0n) is 14.2. The molecule has 7 heteroatoms. The Bertz CT molecular complexity index is 907. The Balaban J connectivity index is 1.80. The van der Waals surface area contributed by atoms with E-state index < -0.39 is 5.97 Å². The summed E-state index contributed by atoms with van der Waals surface area (Å²) < 4.78 is 7.46. The lowest BCUT2D eigenvalue weighted by atomic mass is 10.1. The van der Waals surface area contributed by atoms with E-state index in [0.29, 0.717) is 23.9 Å². The topological polar surface area (TPSA) is 77.2 Å². The van der Waals surface area contributed by atoms with Gasteiger partial charge in [0.1, 0.15) is 11.4 Å². The molecule has 0 aliphatic carbocycles. The third-order valence-electron chi connectivity index (χ3n) is 3.78. The maximum atomic E-state index is 10.9. The van der Waals surface area contributed by atoms with E-state index in [4.69, 9.17) is 21.4 Å². The van der Waals surface area contributed by atoms with Gasteiger partial charge in [-0.05, 0) is 36.8 Å². The molecular formula is C19H18ClN3O3. The summed E-state index contributed by atoms with van der Waals surface area (Å²) in [6.45, 7) is 3.15. The van der Waals surface area contributed by atoms with Gasteiger partial charge in [-0.25, -0.2) is 9.48 Å². The molecule has 2 aromatic carbocycles. The number of rotatable bonds is 7. The average molecular weight is 372 g/mol. The monoisotopic (exact) mass is 371 g/mol. The van der Waals surface area contributed by atoms with E-state index in [1.165, 1.54) is 0 Å². The number of aromatic nitrogens is 3. The van der Waals surface area contributed by atoms with Gasteiger partial charge in [-0.2, -0.15) is 0 Å². The van der Waals surface area contributed by atoms with Crippen molar-refractivity contribution in [1.29, 1.82) is 0 Å². The average Bonchev–Trinajstić information content (AvgIpc) is 3.10. The van der Waals surface area contributed by atoms with Crippen molar-refractivity contribution in [3.8, 4) is 17.0 Å². The Morgan fingerprint density at radius 3 is 2.69 bits per heavy atom. The van der Waals surface area contributed by atoms with E-state index in [-0.39, 0.29) is 5.56 Å². The van der Waals surface area contributed by atoms with Gasteiger partial charge in [0.15, 0.2) is 0 Å². The van der Waals surface area contributed by atoms with Gasteiger partial charge in [0.05, 0.1) is 24.9 Å². The van der Waals surface area contributed by atoms with Crippen molar-refractivity contribution < 1.29 is 14.6 Å². The van der Waals surface area contributed by atoms with Crippen LogP contribution in [0.1, 0.15) is 29.3 Å². The molecule has 0 atom stereocenters. The van der Waals surface area contributed by atoms with E-state index in [0.717, 1.165) is 23.3 Å². The molecule has 0 spiro atoms. The lowest BCUT2D eigenvalue weighted by Gasteiger charge is -2.11. The summed E-state index contributed by atoms with van der Waals surface area (Å²) in [5.74, 6) is -0.181. The third-order valence-corrected chi connectivity index (χ3v) is 4.02. The first kappa shape index (κ1) is 17.9. The Hall–Kier alpha value is -2.86. The fraction of sp³-hybridized carbons (Fsp3) is 0.211. The molecule has 0 aliphatic heterocycles. The second-order valence-corrected chi connectivity index (χ2v) is 6.22. The fourth-order valence-electron chi connectivity index (χ4n) is 2.49. The van der Waals surface area contributed by atoms with Crippen molar-refractivity contribution in [3.63, 3.8) is 0 Å². The predicted octanol–water partition coefficient (Wildman–Crippen LogP) is 4.13. The van der Waals surface area contributed by atoms with Gasteiger partial charge in [0, 0.05) is 16.1 Å². The van der Waals surface area contributed by atoms with Crippen LogP contribution >= 0.6 is 11.6 Å². The Labute approximate surface area is 156 Å². The second kappa shape index (κ2) is 8.01. The highest BCUT2D eigenvalue weighted by Gasteiger charge is 2.10. The van der Waals surface area contributed by atoms with Gasteiger partial charge in [-0.3, -0.25) is 0 Å². The van der Waals surface area contributed by atoms with E-state index in [9.17, 15) is 4.79 Å². The molecule has 0 amide bonds. The van der Waals surface area contributed by atoms with Crippen LogP contribution in [0, 0.1) is 0 Å². The van der Waals surface area contributed by atoms with Crippen LogP contribution < -0.4 is 4.74 Å². The molecule has 3 rings (SSSR count). The number of carbonyl (C=O) groups is 1. The summed E-state index contributed by atoms with van der Waals surface area (Å²) in [5, 5.41) is 17.9. The van der Waals surface area contributed by atoms with Crippen molar-refractivity contribution in [3.05, 3.63) is 64.8 Å². The molecule has 3 aromatic rings. The van der Waals surface area contributed by atoms with Crippen molar-refractivity contribution >= 4 is 17.6 Å². The number of hydrogen-bond acceptors (Lipinski definition) is 4. The standard InChI is InChI=1S/C19H18ClN3O3/c1-2-9-26-18-8-7-16(20)10-15(18)11-23-12-17(21-22-23)13-3-5-14(6-4-13)19(24)25/h3-8,10,12H,2,9,11H2,1H3,(H,24,25). The lowest BCUT2D eigenvalue weighted by molar-refractivity contribution is 0.0697. The summed E-state index contributed by atoms with van der Waals surface area (Å²) in [6, 6.07) is 12.0. The minimum Gasteiger partial charge on any atom is -0.493 e. The molecule has 0 unspecified atom stereocenters. The molecule has 0 fully saturated rings. The molecule has 134 valence electrons. The van der Waals surface area contributed by atoms with Gasteiger partial charge in [-0.15, -0.1) is 5.10 Å². The van der Waals surface area contributed by atoms with Crippen molar-refractivity contribution in [2.45, 2.75) is 19.9 Å². The molecule has 1 N–H and O–H groups in total. The molecule has 6 nitrogen and oxygen atoms in total. The quantitative estimate of drug-likeness (QED) is 0.675. The molecule has 0 saturated heterocycles. The minimum absolute atomic E-state index is 0.234. The third kappa shape index (κ3) is 4.21. The number of halogens is 1. The predicted molar refractivity (Wildman–Crippen MR) is 98.8 cm³/mol. The van der Waals surface area contributed by atoms with Crippen LogP contribution in [-0.2, 0) is 6.54 Å². The molecule has 0 aliphatic rings. The van der Waals surface area contributed by atoms with Crippen LogP contribution in [0.25, 0.3) is 11.3 Å².